The number of hydrogen-bond donors (Lipinski definition) is 0. The lowest BCUT2D eigenvalue weighted by atomic mass is 10.2. The maximum atomic E-state index is 5.27. The molecule has 0 spiro atoms. The van der Waals surface area contributed by atoms with E-state index in [4.69, 9.17) is 14.7 Å². The van der Waals surface area contributed by atoms with Crippen molar-refractivity contribution in [1.82, 2.24) is 9.97 Å². The third-order valence-electron chi connectivity index (χ3n) is 5.56. The van der Waals surface area contributed by atoms with E-state index in [-0.39, 0.29) is 0 Å². The van der Waals surface area contributed by atoms with Gasteiger partial charge >= 0.3 is 0 Å². The SMILES string of the molecule is COc1ccc(N2CCN(c3nc(C4CC4)nc4ccccc34)CC2)cc1. The number of anilines is 2. The average molecular weight is 360 g/mol. The van der Waals surface area contributed by atoms with E-state index >= 15 is 0 Å². The predicted molar refractivity (Wildman–Crippen MR) is 109 cm³/mol. The minimum absolute atomic E-state index is 0.564. The molecule has 0 bridgehead atoms. The van der Waals surface area contributed by atoms with E-state index in [1.54, 1.807) is 7.11 Å². The van der Waals surface area contributed by atoms with Gasteiger partial charge in [0.25, 0.3) is 0 Å². The quantitative estimate of drug-likeness (QED) is 0.707. The molecular formula is C22H24N4O. The molecule has 0 radical (unpaired) electrons. The molecule has 5 nitrogen and oxygen atoms in total. The van der Waals surface area contributed by atoms with Crippen LogP contribution < -0.4 is 14.5 Å². The van der Waals surface area contributed by atoms with Crippen LogP contribution in [0.25, 0.3) is 10.9 Å². The monoisotopic (exact) mass is 360 g/mol. The summed E-state index contributed by atoms with van der Waals surface area (Å²) in [5.74, 6) is 3.60. The lowest BCUT2D eigenvalue weighted by Gasteiger charge is -2.37. The van der Waals surface area contributed by atoms with Crippen LogP contribution in [-0.4, -0.2) is 43.3 Å². The Balaban J connectivity index is 1.38. The summed E-state index contributed by atoms with van der Waals surface area (Å²) in [5, 5.41) is 1.17. The first kappa shape index (κ1) is 16.4. The molecule has 0 unspecified atom stereocenters. The summed E-state index contributed by atoms with van der Waals surface area (Å²) in [7, 11) is 1.70. The van der Waals surface area contributed by atoms with Crippen molar-refractivity contribution in [2.75, 3.05) is 43.1 Å². The predicted octanol–water partition coefficient (Wildman–Crippen LogP) is 3.84. The van der Waals surface area contributed by atoms with Crippen LogP contribution in [0.1, 0.15) is 24.6 Å². The van der Waals surface area contributed by atoms with E-state index in [9.17, 15) is 0 Å². The third kappa shape index (κ3) is 3.18. The van der Waals surface area contributed by atoms with Crippen molar-refractivity contribution in [3.8, 4) is 5.75 Å². The van der Waals surface area contributed by atoms with Gasteiger partial charge in [0.05, 0.1) is 12.6 Å². The smallest absolute Gasteiger partial charge is 0.140 e. The molecule has 1 aliphatic heterocycles. The van der Waals surface area contributed by atoms with Crippen molar-refractivity contribution in [1.29, 1.82) is 0 Å². The van der Waals surface area contributed by atoms with Crippen molar-refractivity contribution < 1.29 is 4.74 Å². The fourth-order valence-electron chi connectivity index (χ4n) is 3.81. The van der Waals surface area contributed by atoms with Gasteiger partial charge in [-0.3, -0.25) is 0 Å². The zero-order valence-electron chi connectivity index (χ0n) is 15.6. The van der Waals surface area contributed by atoms with Gasteiger partial charge in [-0.15, -0.1) is 0 Å². The minimum atomic E-state index is 0.564. The molecule has 2 aliphatic rings. The number of hydrogen-bond acceptors (Lipinski definition) is 5. The Morgan fingerprint density at radius 2 is 1.56 bits per heavy atom. The first-order chi connectivity index (χ1) is 13.3. The summed E-state index contributed by atoms with van der Waals surface area (Å²) in [6.07, 6.45) is 2.45. The molecule has 1 aromatic heterocycles. The van der Waals surface area contributed by atoms with Crippen LogP contribution in [0.4, 0.5) is 11.5 Å². The van der Waals surface area contributed by atoms with Gasteiger partial charge in [-0.05, 0) is 49.2 Å². The summed E-state index contributed by atoms with van der Waals surface area (Å²) >= 11 is 0. The van der Waals surface area contributed by atoms with Gasteiger partial charge in [0, 0.05) is 43.2 Å². The van der Waals surface area contributed by atoms with E-state index in [2.05, 4.69) is 46.2 Å². The molecule has 1 aliphatic carbocycles. The summed E-state index contributed by atoms with van der Waals surface area (Å²) in [6.45, 7) is 3.92. The lowest BCUT2D eigenvalue weighted by molar-refractivity contribution is 0.415. The van der Waals surface area contributed by atoms with Crippen LogP contribution in [0.2, 0.25) is 0 Å². The van der Waals surface area contributed by atoms with Gasteiger partial charge in [-0.2, -0.15) is 0 Å². The fraction of sp³-hybridized carbons (Fsp3) is 0.364. The molecule has 0 amide bonds. The maximum absolute atomic E-state index is 5.27. The molecule has 3 aromatic rings. The summed E-state index contributed by atoms with van der Waals surface area (Å²) in [5.41, 5.74) is 2.32. The Kier molecular flexibility index (Phi) is 4.07. The third-order valence-corrected chi connectivity index (χ3v) is 5.56. The molecule has 27 heavy (non-hydrogen) atoms. The fourth-order valence-corrected chi connectivity index (χ4v) is 3.81. The van der Waals surface area contributed by atoms with E-state index in [1.807, 2.05) is 12.1 Å². The first-order valence-corrected chi connectivity index (χ1v) is 9.72. The number of piperazine rings is 1. The Morgan fingerprint density at radius 1 is 0.852 bits per heavy atom. The van der Waals surface area contributed by atoms with Crippen molar-refractivity contribution in [2.24, 2.45) is 0 Å². The Bertz CT molecular complexity index is 944. The number of fused-ring (bicyclic) bond motifs is 1. The number of rotatable bonds is 4. The maximum Gasteiger partial charge on any atom is 0.140 e. The van der Waals surface area contributed by atoms with Crippen LogP contribution >= 0.6 is 0 Å². The molecule has 0 atom stereocenters. The number of para-hydroxylation sites is 1. The van der Waals surface area contributed by atoms with Gasteiger partial charge in [-0.1, -0.05) is 12.1 Å². The van der Waals surface area contributed by atoms with Crippen LogP contribution in [0.5, 0.6) is 5.75 Å². The summed E-state index contributed by atoms with van der Waals surface area (Å²) < 4.78 is 5.27. The van der Waals surface area contributed by atoms with E-state index in [1.165, 1.54) is 23.9 Å². The number of aromatic nitrogens is 2. The number of benzene rings is 2. The van der Waals surface area contributed by atoms with Crippen LogP contribution in [0.15, 0.2) is 48.5 Å². The largest absolute Gasteiger partial charge is 0.497 e. The highest BCUT2D eigenvalue weighted by Gasteiger charge is 2.29. The van der Waals surface area contributed by atoms with E-state index in [0.29, 0.717) is 5.92 Å². The molecule has 1 saturated heterocycles. The van der Waals surface area contributed by atoms with Gasteiger partial charge in [0.15, 0.2) is 0 Å². The van der Waals surface area contributed by atoms with Crippen LogP contribution in [0.3, 0.4) is 0 Å². The Labute approximate surface area is 159 Å². The second-order valence-corrected chi connectivity index (χ2v) is 7.37. The number of methoxy groups -OCH3 is 1. The molecule has 1 saturated carbocycles. The first-order valence-electron chi connectivity index (χ1n) is 9.72. The van der Waals surface area contributed by atoms with E-state index < -0.39 is 0 Å². The highest BCUT2D eigenvalue weighted by Crippen LogP contribution is 2.40. The highest BCUT2D eigenvalue weighted by molar-refractivity contribution is 5.89. The van der Waals surface area contributed by atoms with E-state index in [0.717, 1.165) is 49.1 Å². The highest BCUT2D eigenvalue weighted by atomic mass is 16.5. The van der Waals surface area contributed by atoms with Crippen molar-refractivity contribution in [2.45, 2.75) is 18.8 Å². The van der Waals surface area contributed by atoms with Crippen LogP contribution in [-0.2, 0) is 0 Å². The Morgan fingerprint density at radius 3 is 2.26 bits per heavy atom. The molecule has 0 N–H and O–H groups in total. The second-order valence-electron chi connectivity index (χ2n) is 7.37. The summed E-state index contributed by atoms with van der Waals surface area (Å²) in [6, 6.07) is 16.7. The van der Waals surface area contributed by atoms with Gasteiger partial charge in [0.2, 0.25) is 0 Å². The molecular weight excluding hydrogens is 336 g/mol. The van der Waals surface area contributed by atoms with Gasteiger partial charge in [0.1, 0.15) is 17.4 Å². The standard InChI is InChI=1S/C22H24N4O/c1-27-18-10-8-17(9-11-18)25-12-14-26(15-13-25)22-19-4-2-3-5-20(19)23-21(24-22)16-6-7-16/h2-5,8-11,16H,6-7,12-15H2,1H3. The molecule has 2 fully saturated rings. The average Bonchev–Trinajstić information content (AvgIpc) is 3.59. The second kappa shape index (κ2) is 6.72. The number of nitrogens with zero attached hydrogens (tertiary/aromatic N) is 4. The zero-order valence-corrected chi connectivity index (χ0v) is 15.6. The van der Waals surface area contributed by atoms with Crippen molar-refractivity contribution >= 4 is 22.4 Å². The van der Waals surface area contributed by atoms with Gasteiger partial charge < -0.3 is 14.5 Å². The molecule has 5 rings (SSSR count). The summed E-state index contributed by atoms with van der Waals surface area (Å²) in [4.78, 5) is 14.7. The molecule has 138 valence electrons. The Hall–Kier alpha value is -2.82. The molecule has 2 heterocycles. The van der Waals surface area contributed by atoms with Crippen molar-refractivity contribution in [3.63, 3.8) is 0 Å². The van der Waals surface area contributed by atoms with Crippen molar-refractivity contribution in [3.05, 3.63) is 54.4 Å². The lowest BCUT2D eigenvalue weighted by Crippen LogP contribution is -2.47. The zero-order chi connectivity index (χ0) is 18.2. The molecule has 2 aromatic carbocycles. The van der Waals surface area contributed by atoms with Crippen LogP contribution in [0, 0.1) is 0 Å². The number of ether oxygens (including phenoxy) is 1. The normalized spacial score (nSPS) is 17.4. The van der Waals surface area contributed by atoms with Gasteiger partial charge in [-0.25, -0.2) is 9.97 Å². The molecule has 5 heteroatoms. The topological polar surface area (TPSA) is 41.5 Å². The minimum Gasteiger partial charge on any atom is -0.497 e.